The summed E-state index contributed by atoms with van der Waals surface area (Å²) in [5.41, 5.74) is 5.48. The molecule has 40 heavy (non-hydrogen) atoms. The highest BCUT2D eigenvalue weighted by atomic mass is 32.1. The molecule has 0 aliphatic carbocycles. The molecule has 4 atom stereocenters. The van der Waals surface area contributed by atoms with E-state index in [1.807, 2.05) is 42.5 Å². The molecule has 5 rings (SSSR count). The van der Waals surface area contributed by atoms with Gasteiger partial charge in [0.05, 0.1) is 24.9 Å². The number of hydrogen-bond donors (Lipinski definition) is 2. The van der Waals surface area contributed by atoms with Crippen molar-refractivity contribution in [1.82, 2.24) is 0 Å². The first kappa shape index (κ1) is 30.1. The first-order valence-corrected chi connectivity index (χ1v) is 14.2. The van der Waals surface area contributed by atoms with Crippen molar-refractivity contribution in [2.45, 2.75) is 50.8 Å². The maximum atomic E-state index is 13.3. The molecule has 0 bridgehead atoms. The van der Waals surface area contributed by atoms with Gasteiger partial charge in [0.25, 0.3) is 0 Å². The quantitative estimate of drug-likeness (QED) is 0.214. The lowest BCUT2D eigenvalue weighted by atomic mass is 9.93. The molecule has 2 heterocycles. The zero-order valence-corrected chi connectivity index (χ0v) is 23.9. The number of halogens is 1. The van der Waals surface area contributed by atoms with Crippen LogP contribution in [0.5, 0.6) is 0 Å². The molecule has 4 aromatic rings. The van der Waals surface area contributed by atoms with Crippen molar-refractivity contribution in [3.63, 3.8) is 0 Å². The Balaban J connectivity index is 0.00000181. The standard InChI is InChI=1S/C32H33FO4S.CH4O/c1-21-8-9-24(16-25(21)17-29-14-15-31(38-29)22-10-12-26(33)13-11-22)30-19-27(34)18-28(37-30)20-36-32(35-2)23-6-4-3-5-7-23;1-2/h3-16,27-28,30,32,34H,17-20H2,1-2H3;2H,1H3. The molecule has 2 N–H and O–H groups in total. The number of thiophene rings is 1. The van der Waals surface area contributed by atoms with Crippen molar-refractivity contribution in [3.05, 3.63) is 118 Å². The predicted molar refractivity (Wildman–Crippen MR) is 157 cm³/mol. The van der Waals surface area contributed by atoms with E-state index < -0.39 is 12.4 Å². The molecule has 1 fully saturated rings. The fraction of sp³-hybridized carbons (Fsp3) is 0.333. The van der Waals surface area contributed by atoms with E-state index >= 15 is 0 Å². The number of aliphatic hydroxyl groups is 2. The third-order valence-corrected chi connectivity index (χ3v) is 8.13. The Morgan fingerprint density at radius 2 is 1.73 bits per heavy atom. The van der Waals surface area contributed by atoms with Gasteiger partial charge in [0, 0.05) is 48.8 Å². The summed E-state index contributed by atoms with van der Waals surface area (Å²) in [6.45, 7) is 2.45. The van der Waals surface area contributed by atoms with Gasteiger partial charge in [-0.3, -0.25) is 0 Å². The van der Waals surface area contributed by atoms with Crippen molar-refractivity contribution in [3.8, 4) is 10.4 Å². The molecular weight excluding hydrogens is 527 g/mol. The van der Waals surface area contributed by atoms with Gasteiger partial charge in [-0.25, -0.2) is 4.39 Å². The molecule has 212 valence electrons. The monoisotopic (exact) mass is 564 g/mol. The number of methoxy groups -OCH3 is 1. The summed E-state index contributed by atoms with van der Waals surface area (Å²) in [6.07, 6.45) is 0.517. The second-order valence-electron chi connectivity index (χ2n) is 9.82. The van der Waals surface area contributed by atoms with Crippen molar-refractivity contribution in [2.75, 3.05) is 20.8 Å². The summed E-state index contributed by atoms with van der Waals surface area (Å²) in [4.78, 5) is 2.37. The topological polar surface area (TPSA) is 68.2 Å². The molecule has 0 saturated carbocycles. The van der Waals surface area contributed by atoms with E-state index in [2.05, 4.69) is 37.3 Å². The Kier molecular flexibility index (Phi) is 11.0. The van der Waals surface area contributed by atoms with Crippen LogP contribution >= 0.6 is 11.3 Å². The number of aliphatic hydroxyl groups excluding tert-OH is 2. The van der Waals surface area contributed by atoms with Gasteiger partial charge in [-0.2, -0.15) is 0 Å². The minimum atomic E-state index is -0.478. The van der Waals surface area contributed by atoms with Gasteiger partial charge in [-0.15, -0.1) is 11.3 Å². The second kappa shape index (κ2) is 14.6. The lowest BCUT2D eigenvalue weighted by Gasteiger charge is -2.34. The van der Waals surface area contributed by atoms with Crippen LogP contribution in [0.1, 0.15) is 52.4 Å². The molecule has 5 nitrogen and oxygen atoms in total. The summed E-state index contributed by atoms with van der Waals surface area (Å²) in [7, 11) is 2.63. The summed E-state index contributed by atoms with van der Waals surface area (Å²) >= 11 is 1.73. The summed E-state index contributed by atoms with van der Waals surface area (Å²) in [6, 6.07) is 27.1. The highest BCUT2D eigenvalue weighted by Gasteiger charge is 2.30. The SMILES string of the molecule is CO.COC(OCC1CC(O)CC(c2ccc(C)c(Cc3ccc(-c4ccc(F)cc4)s3)c2)O1)c1ccccc1. The minimum absolute atomic E-state index is 0.206. The predicted octanol–water partition coefficient (Wildman–Crippen LogP) is 7.00. The van der Waals surface area contributed by atoms with Gasteiger partial charge in [0.15, 0.2) is 6.29 Å². The van der Waals surface area contributed by atoms with Crippen LogP contribution in [0, 0.1) is 12.7 Å². The van der Waals surface area contributed by atoms with Gasteiger partial charge < -0.3 is 24.4 Å². The number of aryl methyl sites for hydroxylation is 1. The van der Waals surface area contributed by atoms with Crippen molar-refractivity contribution < 1.29 is 28.8 Å². The molecule has 7 heteroatoms. The highest BCUT2D eigenvalue weighted by Crippen LogP contribution is 2.35. The van der Waals surface area contributed by atoms with E-state index in [0.29, 0.717) is 19.4 Å². The summed E-state index contributed by atoms with van der Waals surface area (Å²) in [5.74, 6) is -0.225. The van der Waals surface area contributed by atoms with E-state index in [-0.39, 0.29) is 18.0 Å². The number of rotatable bonds is 9. The molecule has 4 unspecified atom stereocenters. The van der Waals surface area contributed by atoms with Crippen LogP contribution in [-0.2, 0) is 20.6 Å². The smallest absolute Gasteiger partial charge is 0.183 e. The number of ether oxygens (including phenoxy) is 3. The lowest BCUT2D eigenvalue weighted by Crippen LogP contribution is -2.34. The van der Waals surface area contributed by atoms with Crippen LogP contribution in [-0.4, -0.2) is 43.2 Å². The summed E-state index contributed by atoms with van der Waals surface area (Å²) < 4.78 is 31.3. The number of benzene rings is 3. The van der Waals surface area contributed by atoms with Gasteiger partial charge in [0.1, 0.15) is 5.82 Å². The fourth-order valence-corrected chi connectivity index (χ4v) is 5.97. The molecule has 0 spiro atoms. The Morgan fingerprint density at radius 1 is 0.975 bits per heavy atom. The van der Waals surface area contributed by atoms with Gasteiger partial charge in [-0.1, -0.05) is 60.7 Å². The van der Waals surface area contributed by atoms with Crippen LogP contribution < -0.4 is 0 Å². The third kappa shape index (κ3) is 7.85. The zero-order valence-electron chi connectivity index (χ0n) is 23.1. The van der Waals surface area contributed by atoms with Crippen LogP contribution in [0.2, 0.25) is 0 Å². The molecule has 3 aromatic carbocycles. The normalized spacial score (nSPS) is 19.5. The first-order chi connectivity index (χ1) is 19.5. The van der Waals surface area contributed by atoms with Gasteiger partial charge >= 0.3 is 0 Å². The molecule has 1 aromatic heterocycles. The van der Waals surface area contributed by atoms with Crippen LogP contribution in [0.3, 0.4) is 0 Å². The average molecular weight is 565 g/mol. The highest BCUT2D eigenvalue weighted by molar-refractivity contribution is 7.15. The van der Waals surface area contributed by atoms with E-state index in [4.69, 9.17) is 19.3 Å². The van der Waals surface area contributed by atoms with Crippen LogP contribution in [0.4, 0.5) is 4.39 Å². The summed E-state index contributed by atoms with van der Waals surface area (Å²) in [5, 5.41) is 17.6. The maximum absolute atomic E-state index is 13.3. The largest absolute Gasteiger partial charge is 0.400 e. The Bertz CT molecular complexity index is 1320. The number of hydrogen-bond acceptors (Lipinski definition) is 6. The fourth-order valence-electron chi connectivity index (χ4n) is 4.93. The van der Waals surface area contributed by atoms with E-state index in [0.717, 1.165) is 35.1 Å². The van der Waals surface area contributed by atoms with E-state index in [1.165, 1.54) is 28.1 Å². The molecule has 0 radical (unpaired) electrons. The third-order valence-electron chi connectivity index (χ3n) is 7.00. The Hall–Kier alpha value is -2.91. The molecule has 1 aliphatic rings. The molecule has 1 saturated heterocycles. The van der Waals surface area contributed by atoms with E-state index in [9.17, 15) is 9.50 Å². The minimum Gasteiger partial charge on any atom is -0.400 e. The maximum Gasteiger partial charge on any atom is 0.183 e. The van der Waals surface area contributed by atoms with Crippen molar-refractivity contribution in [2.24, 2.45) is 0 Å². The Labute approximate surface area is 239 Å². The van der Waals surface area contributed by atoms with Crippen LogP contribution in [0.15, 0.2) is 84.9 Å². The molecule has 1 aliphatic heterocycles. The van der Waals surface area contributed by atoms with Crippen molar-refractivity contribution in [1.29, 1.82) is 0 Å². The average Bonchev–Trinajstić information content (AvgIpc) is 3.45. The second-order valence-corrected chi connectivity index (χ2v) is 11.0. The Morgan fingerprint density at radius 3 is 2.45 bits per heavy atom. The van der Waals surface area contributed by atoms with Gasteiger partial charge in [0.2, 0.25) is 0 Å². The van der Waals surface area contributed by atoms with E-state index in [1.54, 1.807) is 18.4 Å². The zero-order chi connectivity index (χ0) is 28.5. The van der Waals surface area contributed by atoms with Crippen molar-refractivity contribution >= 4 is 11.3 Å². The first-order valence-electron chi connectivity index (χ1n) is 13.4. The molecule has 0 amide bonds. The van der Waals surface area contributed by atoms with Gasteiger partial charge in [-0.05, 0) is 53.4 Å². The molecular formula is C33H37FO5S. The van der Waals surface area contributed by atoms with Crippen LogP contribution in [0.25, 0.3) is 10.4 Å². The lowest BCUT2D eigenvalue weighted by molar-refractivity contribution is -0.179.